The van der Waals surface area contributed by atoms with Gasteiger partial charge in [-0.2, -0.15) is 0 Å². The summed E-state index contributed by atoms with van der Waals surface area (Å²) >= 11 is 0. The molecule has 0 spiro atoms. The van der Waals surface area contributed by atoms with E-state index in [9.17, 15) is 19.6 Å². The van der Waals surface area contributed by atoms with Gasteiger partial charge >= 0.3 is 17.2 Å². The molecule has 0 saturated carbocycles. The molecule has 8 unspecified atom stereocenters. The van der Waals surface area contributed by atoms with Gasteiger partial charge < -0.3 is 28.6 Å². The molecule has 0 aliphatic heterocycles. The lowest BCUT2D eigenvalue weighted by Gasteiger charge is -2.33. The van der Waals surface area contributed by atoms with Crippen LogP contribution in [-0.4, -0.2) is 19.6 Å². The molecule has 8 heteroatoms. The second-order valence-electron chi connectivity index (χ2n) is 27.3. The molecule has 8 atom stereocenters. The summed E-state index contributed by atoms with van der Waals surface area (Å²) in [4.78, 5) is 49.5. The van der Waals surface area contributed by atoms with Crippen molar-refractivity contribution >= 4 is 17.2 Å². The summed E-state index contributed by atoms with van der Waals surface area (Å²) in [6, 6.07) is 111. The Morgan fingerprint density at radius 1 is 0.196 bits per heavy atom. The van der Waals surface area contributed by atoms with Gasteiger partial charge in [0.2, 0.25) is 0 Å². The maximum absolute atomic E-state index is 12.4. The van der Waals surface area contributed by atoms with E-state index in [1.165, 1.54) is 0 Å². The van der Waals surface area contributed by atoms with Crippen LogP contribution in [0.2, 0.25) is 0 Å². The van der Waals surface area contributed by atoms with Gasteiger partial charge in [-0.1, -0.05) is 371 Å². The van der Waals surface area contributed by atoms with Gasteiger partial charge in [0.25, 0.3) is 0 Å². The fourth-order valence-electron chi connectivity index (χ4n) is 15.2. The zero-order valence-electron chi connectivity index (χ0n) is 59.1. The molecular weight excluding hydrogens is 1290 g/mol. The molecule has 13 aromatic carbocycles. The highest BCUT2D eigenvalue weighted by Crippen LogP contribution is 2.63. The molecule has 510 valence electrons. The Labute approximate surface area is 605 Å². The number of rotatable bonds is 24. The molecule has 6 nitrogen and oxygen atoms in total. The van der Waals surface area contributed by atoms with E-state index in [1.54, 1.807) is 0 Å². The zero-order valence-corrected chi connectivity index (χ0v) is 60.9. The van der Waals surface area contributed by atoms with Gasteiger partial charge in [-0.3, -0.25) is 0 Å². The quantitative estimate of drug-likeness (QED) is 0.0450. The van der Waals surface area contributed by atoms with E-state index >= 15 is 0 Å². The summed E-state index contributed by atoms with van der Waals surface area (Å²) in [7, 11) is -6.47. The van der Waals surface area contributed by atoms with Gasteiger partial charge in [0.05, 0.1) is 0 Å². The molecule has 0 amide bonds. The van der Waals surface area contributed by atoms with Crippen LogP contribution in [0.15, 0.2) is 315 Å². The van der Waals surface area contributed by atoms with Crippen molar-refractivity contribution in [2.45, 2.75) is 103 Å². The standard InChI is InChI=1S/C94H88O6P2/c1-61(69-33-17-9-18-34-69)77-49-53-81(85(57-77)65(5)73-41-25-13-26-42-73)89-90(82-54-50-78(62(2)70-35-19-10-20-36-70)58-86(82)66(6)74-43-27-14-28-44-74)94(100-102(97)98)92(84-56-52-80(64(4)72-39-23-12-24-40-72)60-88(84)68(8)76-47-31-16-32-48-76)91(93(89)99-101(95)96)83-55-51-79(63(3)71-37-21-11-22-38-71)59-87(83)67(7)75-45-29-15-30-46-75/h9-68,95-98H,1-8H3. The average molecular weight is 1380 g/mol. The molecule has 13 aromatic rings. The highest BCUT2D eigenvalue weighted by molar-refractivity contribution is 7.40. The first kappa shape index (κ1) is 70.6. The van der Waals surface area contributed by atoms with Crippen LogP contribution in [-0.2, 0) is 0 Å². The smallest absolute Gasteiger partial charge is 0.391 e. The maximum atomic E-state index is 12.4. The first-order valence-electron chi connectivity index (χ1n) is 35.5. The van der Waals surface area contributed by atoms with Crippen LogP contribution < -0.4 is 9.05 Å². The zero-order chi connectivity index (χ0) is 71.0. The summed E-state index contributed by atoms with van der Waals surface area (Å²) in [6.45, 7) is 17.9. The minimum absolute atomic E-state index is 0.0436. The van der Waals surface area contributed by atoms with Crippen LogP contribution in [0.25, 0.3) is 44.5 Å². The molecule has 0 bridgehead atoms. The molecule has 0 saturated heterocycles. The summed E-state index contributed by atoms with van der Waals surface area (Å²) in [5.74, 6) is -0.910. The maximum Gasteiger partial charge on any atom is 0.391 e. The molecular formula is C94H88O6P2. The Hall–Kier alpha value is -9.84. The summed E-state index contributed by atoms with van der Waals surface area (Å²) < 4.78 is 14.5. The lowest BCUT2D eigenvalue weighted by Crippen LogP contribution is -2.11. The van der Waals surface area contributed by atoms with Gasteiger partial charge in [-0.25, -0.2) is 0 Å². The van der Waals surface area contributed by atoms with Crippen LogP contribution in [0.5, 0.6) is 11.5 Å². The third-order valence-corrected chi connectivity index (χ3v) is 22.1. The summed E-state index contributed by atoms with van der Waals surface area (Å²) in [6.07, 6.45) is 0. The molecule has 13 rings (SSSR count). The van der Waals surface area contributed by atoms with Crippen LogP contribution >= 0.6 is 17.2 Å². The molecule has 0 aromatic heterocycles. The Balaban J connectivity index is 1.28. The number of hydrogen-bond donors (Lipinski definition) is 4. The normalized spacial score (nSPS) is 13.9. The monoisotopic (exact) mass is 1370 g/mol. The van der Waals surface area contributed by atoms with Crippen molar-refractivity contribution in [3.63, 3.8) is 0 Å². The van der Waals surface area contributed by atoms with Crippen molar-refractivity contribution in [2.24, 2.45) is 0 Å². The molecule has 4 N–H and O–H groups in total. The first-order valence-corrected chi connectivity index (χ1v) is 37.9. The fourth-order valence-corrected chi connectivity index (χ4v) is 15.9. The second-order valence-corrected chi connectivity index (χ2v) is 28.7. The number of hydrogen-bond acceptors (Lipinski definition) is 6. The van der Waals surface area contributed by atoms with E-state index < -0.39 is 17.2 Å². The van der Waals surface area contributed by atoms with Crippen LogP contribution in [0.4, 0.5) is 0 Å². The van der Waals surface area contributed by atoms with Crippen LogP contribution in [0, 0.1) is 0 Å². The Bertz CT molecular complexity index is 4330. The van der Waals surface area contributed by atoms with E-state index in [2.05, 4.69) is 322 Å². The molecule has 0 radical (unpaired) electrons. The Kier molecular flexibility index (Phi) is 22.2. The third-order valence-electron chi connectivity index (χ3n) is 21.4. The first-order chi connectivity index (χ1) is 49.6. The lowest BCUT2D eigenvalue weighted by molar-refractivity contribution is 0.371. The predicted molar refractivity (Wildman–Crippen MR) is 424 cm³/mol. The van der Waals surface area contributed by atoms with Crippen molar-refractivity contribution in [2.75, 3.05) is 0 Å². The lowest BCUT2D eigenvalue weighted by atomic mass is 9.74. The number of benzene rings is 13. The highest BCUT2D eigenvalue weighted by Gasteiger charge is 2.38. The topological polar surface area (TPSA) is 99.4 Å². The van der Waals surface area contributed by atoms with Gasteiger partial charge in [-0.05, 0) is 111 Å². The van der Waals surface area contributed by atoms with Crippen molar-refractivity contribution < 1.29 is 28.6 Å². The second kappa shape index (κ2) is 32.0. The molecule has 102 heavy (non-hydrogen) atoms. The molecule has 0 aliphatic carbocycles. The van der Waals surface area contributed by atoms with E-state index in [4.69, 9.17) is 9.05 Å². The molecule has 0 fully saturated rings. The SMILES string of the molecule is CC(c1ccccc1)c1ccc(-c2c(OP(O)O)c(-c3ccc(C(C)c4ccccc4)cc3C(C)c3ccccc3)c(-c3ccc(C(C)c4ccccc4)cc3C(C)c3ccccc3)c(OP(O)O)c2-c2ccc(C(C)c3ccccc3)cc2C(C)c2ccccc2)c(C(C)c2ccccc2)c1. The van der Waals surface area contributed by atoms with Gasteiger partial charge in [0, 0.05) is 69.6 Å². The minimum atomic E-state index is -3.24. The fraction of sp³-hybridized carbons (Fsp3) is 0.170. The van der Waals surface area contributed by atoms with Crippen molar-refractivity contribution in [3.8, 4) is 56.0 Å². The molecule has 0 heterocycles. The van der Waals surface area contributed by atoms with Crippen LogP contribution in [0.1, 0.15) is 192 Å². The predicted octanol–water partition coefficient (Wildman–Crippen LogP) is 24.7. The largest absolute Gasteiger partial charge is 0.426 e. The third kappa shape index (κ3) is 15.1. The molecule has 0 aliphatic rings. The average Bonchev–Trinajstić information content (AvgIpc) is 0.709. The Morgan fingerprint density at radius 3 is 0.510 bits per heavy atom. The van der Waals surface area contributed by atoms with Crippen molar-refractivity contribution in [1.29, 1.82) is 0 Å². The summed E-state index contributed by atoms with van der Waals surface area (Å²) in [5, 5.41) is 0. The van der Waals surface area contributed by atoms with Crippen molar-refractivity contribution in [1.82, 2.24) is 0 Å². The van der Waals surface area contributed by atoms with Gasteiger partial charge in [-0.15, -0.1) is 0 Å². The van der Waals surface area contributed by atoms with E-state index in [0.29, 0.717) is 22.3 Å². The highest BCUT2D eigenvalue weighted by atomic mass is 31.2. The van der Waals surface area contributed by atoms with Gasteiger partial charge in [0.15, 0.2) is 0 Å². The van der Waals surface area contributed by atoms with E-state index in [1.807, 2.05) is 48.5 Å². The minimum Gasteiger partial charge on any atom is -0.426 e. The van der Waals surface area contributed by atoms with E-state index in [-0.39, 0.29) is 58.8 Å². The van der Waals surface area contributed by atoms with Crippen LogP contribution in [0.3, 0.4) is 0 Å². The van der Waals surface area contributed by atoms with E-state index in [0.717, 1.165) is 111 Å². The van der Waals surface area contributed by atoms with Gasteiger partial charge in [0.1, 0.15) is 11.5 Å². The van der Waals surface area contributed by atoms with Crippen molar-refractivity contribution in [3.05, 3.63) is 404 Å². The Morgan fingerprint density at radius 2 is 0.353 bits per heavy atom. The summed E-state index contributed by atoms with van der Waals surface area (Å²) in [5.41, 5.74) is 21.8.